The number of carbonyl (C=O) groups excluding carboxylic acids is 1. The van der Waals surface area contributed by atoms with Crippen molar-refractivity contribution < 1.29 is 14.6 Å². The SMILES string of the molecule is COCCCCCCC(=O)CCCCCCO. The monoisotopic (exact) mass is 244 g/mol. The number of carbonyl (C=O) groups is 1. The van der Waals surface area contributed by atoms with Crippen LogP contribution in [0.2, 0.25) is 0 Å². The van der Waals surface area contributed by atoms with Crippen molar-refractivity contribution in [2.45, 2.75) is 64.2 Å². The lowest BCUT2D eigenvalue weighted by Crippen LogP contribution is -1.98. The summed E-state index contributed by atoms with van der Waals surface area (Å²) >= 11 is 0. The molecule has 0 unspecified atom stereocenters. The van der Waals surface area contributed by atoms with E-state index in [1.807, 2.05) is 0 Å². The highest BCUT2D eigenvalue weighted by Gasteiger charge is 2.01. The third kappa shape index (κ3) is 13.5. The number of hydrogen-bond donors (Lipinski definition) is 1. The normalized spacial score (nSPS) is 10.7. The number of hydrogen-bond acceptors (Lipinski definition) is 3. The van der Waals surface area contributed by atoms with E-state index in [1.54, 1.807) is 7.11 Å². The minimum absolute atomic E-state index is 0.273. The molecule has 0 bridgehead atoms. The van der Waals surface area contributed by atoms with E-state index >= 15 is 0 Å². The Kier molecular flexibility index (Phi) is 13.3. The predicted octanol–water partition coefficient (Wildman–Crippen LogP) is 3.10. The van der Waals surface area contributed by atoms with Crippen LogP contribution in [-0.4, -0.2) is 31.2 Å². The highest BCUT2D eigenvalue weighted by molar-refractivity contribution is 5.78. The van der Waals surface area contributed by atoms with E-state index < -0.39 is 0 Å². The minimum Gasteiger partial charge on any atom is -0.396 e. The predicted molar refractivity (Wildman–Crippen MR) is 70.1 cm³/mol. The molecule has 3 nitrogen and oxygen atoms in total. The van der Waals surface area contributed by atoms with Gasteiger partial charge in [0.15, 0.2) is 0 Å². The van der Waals surface area contributed by atoms with Crippen molar-refractivity contribution in [3.8, 4) is 0 Å². The second-order valence-electron chi connectivity index (χ2n) is 4.58. The van der Waals surface area contributed by atoms with E-state index in [1.165, 1.54) is 0 Å². The molecule has 0 aromatic rings. The first kappa shape index (κ1) is 16.6. The quantitative estimate of drug-likeness (QED) is 0.506. The molecule has 1 N–H and O–H groups in total. The maximum Gasteiger partial charge on any atom is 0.132 e. The van der Waals surface area contributed by atoms with E-state index in [0.717, 1.165) is 70.8 Å². The summed E-state index contributed by atoms with van der Waals surface area (Å²) in [4.78, 5) is 11.5. The van der Waals surface area contributed by atoms with Gasteiger partial charge in [0.1, 0.15) is 5.78 Å². The summed E-state index contributed by atoms with van der Waals surface area (Å²) in [6, 6.07) is 0. The first-order valence-corrected chi connectivity index (χ1v) is 6.92. The molecule has 17 heavy (non-hydrogen) atoms. The highest BCUT2D eigenvalue weighted by Crippen LogP contribution is 2.08. The number of methoxy groups -OCH3 is 1. The van der Waals surface area contributed by atoms with Crippen LogP contribution < -0.4 is 0 Å². The lowest BCUT2D eigenvalue weighted by Gasteiger charge is -2.02. The molecule has 0 aliphatic heterocycles. The molecule has 3 heteroatoms. The largest absolute Gasteiger partial charge is 0.396 e. The molecule has 0 heterocycles. The van der Waals surface area contributed by atoms with Gasteiger partial charge in [0.2, 0.25) is 0 Å². The molecule has 102 valence electrons. The van der Waals surface area contributed by atoms with Gasteiger partial charge in [-0.25, -0.2) is 0 Å². The topological polar surface area (TPSA) is 46.5 Å². The fourth-order valence-electron chi connectivity index (χ4n) is 1.83. The van der Waals surface area contributed by atoms with Gasteiger partial charge in [-0.1, -0.05) is 25.7 Å². The first-order chi connectivity index (χ1) is 8.31. The Hall–Kier alpha value is -0.410. The minimum atomic E-state index is 0.273. The fourth-order valence-corrected chi connectivity index (χ4v) is 1.83. The summed E-state index contributed by atoms with van der Waals surface area (Å²) in [5, 5.41) is 8.60. The second-order valence-corrected chi connectivity index (χ2v) is 4.58. The number of unbranched alkanes of at least 4 members (excludes halogenated alkanes) is 6. The second kappa shape index (κ2) is 13.7. The van der Waals surface area contributed by atoms with Crippen molar-refractivity contribution >= 4 is 5.78 Å². The van der Waals surface area contributed by atoms with Crippen molar-refractivity contribution in [2.75, 3.05) is 20.3 Å². The Balaban J connectivity index is 3.12. The van der Waals surface area contributed by atoms with E-state index in [0.29, 0.717) is 5.78 Å². The number of rotatable bonds is 13. The number of ketones is 1. The number of ether oxygens (including phenoxy) is 1. The summed E-state index contributed by atoms with van der Waals surface area (Å²) in [6.45, 7) is 1.11. The van der Waals surface area contributed by atoms with E-state index in [-0.39, 0.29) is 6.61 Å². The van der Waals surface area contributed by atoms with Gasteiger partial charge < -0.3 is 9.84 Å². The molecule has 0 saturated carbocycles. The Morgan fingerprint density at radius 2 is 1.41 bits per heavy atom. The molecule has 0 amide bonds. The Labute approximate surface area is 106 Å². The van der Waals surface area contributed by atoms with E-state index in [4.69, 9.17) is 9.84 Å². The van der Waals surface area contributed by atoms with Crippen LogP contribution in [0.25, 0.3) is 0 Å². The smallest absolute Gasteiger partial charge is 0.132 e. The summed E-state index contributed by atoms with van der Waals surface area (Å²) < 4.78 is 4.97. The molecule has 0 aromatic carbocycles. The van der Waals surface area contributed by atoms with Crippen molar-refractivity contribution in [1.29, 1.82) is 0 Å². The van der Waals surface area contributed by atoms with Gasteiger partial charge in [-0.3, -0.25) is 4.79 Å². The van der Waals surface area contributed by atoms with Crippen LogP contribution in [-0.2, 0) is 9.53 Å². The lowest BCUT2D eigenvalue weighted by atomic mass is 10.0. The van der Waals surface area contributed by atoms with Gasteiger partial charge in [-0.2, -0.15) is 0 Å². The zero-order chi connectivity index (χ0) is 12.8. The van der Waals surface area contributed by atoms with Gasteiger partial charge in [0.25, 0.3) is 0 Å². The van der Waals surface area contributed by atoms with Gasteiger partial charge in [-0.05, 0) is 25.7 Å². The average molecular weight is 244 g/mol. The maximum absolute atomic E-state index is 11.5. The molecule has 0 radical (unpaired) electrons. The van der Waals surface area contributed by atoms with Crippen LogP contribution in [0.3, 0.4) is 0 Å². The zero-order valence-corrected chi connectivity index (χ0v) is 11.2. The molecule has 0 rings (SSSR count). The molecular weight excluding hydrogens is 216 g/mol. The molecule has 0 aliphatic carbocycles. The van der Waals surface area contributed by atoms with Gasteiger partial charge in [0.05, 0.1) is 0 Å². The Bertz CT molecular complexity index is 169. The first-order valence-electron chi connectivity index (χ1n) is 6.92. The number of aliphatic hydroxyl groups is 1. The number of Topliss-reactive ketones (excluding diaryl/α,β-unsaturated/α-hetero) is 1. The molecule has 0 fully saturated rings. The summed E-state index contributed by atoms with van der Waals surface area (Å²) in [7, 11) is 1.72. The summed E-state index contributed by atoms with van der Waals surface area (Å²) in [5.41, 5.74) is 0. The van der Waals surface area contributed by atoms with E-state index in [9.17, 15) is 4.79 Å². The van der Waals surface area contributed by atoms with Gasteiger partial charge >= 0.3 is 0 Å². The Morgan fingerprint density at radius 3 is 1.94 bits per heavy atom. The van der Waals surface area contributed by atoms with Crippen LogP contribution in [0.5, 0.6) is 0 Å². The number of aliphatic hydroxyl groups excluding tert-OH is 1. The van der Waals surface area contributed by atoms with E-state index in [2.05, 4.69) is 0 Å². The molecule has 0 atom stereocenters. The fraction of sp³-hybridized carbons (Fsp3) is 0.929. The molecular formula is C14H28O3. The van der Waals surface area contributed by atoms with Crippen LogP contribution in [0.4, 0.5) is 0 Å². The van der Waals surface area contributed by atoms with Crippen molar-refractivity contribution in [3.05, 3.63) is 0 Å². The molecule has 0 saturated heterocycles. The maximum atomic E-state index is 11.5. The lowest BCUT2D eigenvalue weighted by molar-refractivity contribution is -0.119. The van der Waals surface area contributed by atoms with Crippen LogP contribution in [0.1, 0.15) is 64.2 Å². The third-order valence-corrected chi connectivity index (χ3v) is 2.92. The van der Waals surface area contributed by atoms with Crippen LogP contribution >= 0.6 is 0 Å². The van der Waals surface area contributed by atoms with Crippen molar-refractivity contribution in [3.63, 3.8) is 0 Å². The van der Waals surface area contributed by atoms with Crippen LogP contribution in [0.15, 0.2) is 0 Å². The van der Waals surface area contributed by atoms with Gasteiger partial charge in [0, 0.05) is 33.2 Å². The van der Waals surface area contributed by atoms with Gasteiger partial charge in [-0.15, -0.1) is 0 Å². The zero-order valence-electron chi connectivity index (χ0n) is 11.2. The third-order valence-electron chi connectivity index (χ3n) is 2.92. The Morgan fingerprint density at radius 1 is 0.882 bits per heavy atom. The average Bonchev–Trinajstić information content (AvgIpc) is 2.33. The standard InChI is InChI=1S/C14H28O3/c1-17-13-9-5-3-7-11-14(16)10-6-2-4-8-12-15/h15H,2-13H2,1H3. The highest BCUT2D eigenvalue weighted by atomic mass is 16.5. The molecule has 0 spiro atoms. The summed E-state index contributed by atoms with van der Waals surface area (Å²) in [5.74, 6) is 0.403. The van der Waals surface area contributed by atoms with Crippen molar-refractivity contribution in [1.82, 2.24) is 0 Å². The van der Waals surface area contributed by atoms with Crippen molar-refractivity contribution in [2.24, 2.45) is 0 Å². The summed E-state index contributed by atoms with van der Waals surface area (Å²) in [6.07, 6.45) is 9.87. The van der Waals surface area contributed by atoms with Crippen LogP contribution in [0, 0.1) is 0 Å². The molecule has 0 aliphatic rings. The molecule has 0 aromatic heterocycles.